The van der Waals surface area contributed by atoms with Crippen molar-refractivity contribution in [3.63, 3.8) is 0 Å². The summed E-state index contributed by atoms with van der Waals surface area (Å²) in [6.45, 7) is 2.75. The number of aromatic nitrogens is 2. The van der Waals surface area contributed by atoms with Crippen molar-refractivity contribution in [2.45, 2.75) is 45.2 Å². The lowest BCUT2D eigenvalue weighted by atomic mass is 9.87. The first-order valence-electron chi connectivity index (χ1n) is 7.19. The second-order valence-corrected chi connectivity index (χ2v) is 7.21. The summed E-state index contributed by atoms with van der Waals surface area (Å²) in [4.78, 5) is 12.3. The summed E-state index contributed by atoms with van der Waals surface area (Å²) in [5, 5.41) is 7.24. The van der Waals surface area contributed by atoms with Crippen LogP contribution in [0.15, 0.2) is 12.3 Å². The van der Waals surface area contributed by atoms with Gasteiger partial charge >= 0.3 is 0 Å². The maximum atomic E-state index is 12.3. The lowest BCUT2D eigenvalue weighted by Crippen LogP contribution is -2.39. The van der Waals surface area contributed by atoms with Gasteiger partial charge in [0.1, 0.15) is 11.4 Å². The molecule has 1 aliphatic carbocycles. The van der Waals surface area contributed by atoms with Crippen LogP contribution in [0.2, 0.25) is 0 Å². The topological polar surface area (TPSA) is 70.0 Å². The monoisotopic (exact) mass is 297 g/mol. The largest absolute Gasteiger partial charge is 0.617 e. The van der Waals surface area contributed by atoms with E-state index in [0.29, 0.717) is 23.9 Å². The van der Waals surface area contributed by atoms with E-state index in [1.165, 1.54) is 12.8 Å². The van der Waals surface area contributed by atoms with Crippen molar-refractivity contribution in [1.82, 2.24) is 15.1 Å². The van der Waals surface area contributed by atoms with Gasteiger partial charge in [0.05, 0.1) is 12.8 Å². The van der Waals surface area contributed by atoms with E-state index >= 15 is 0 Å². The average Bonchev–Trinajstić information content (AvgIpc) is 2.84. The Kier molecular flexibility index (Phi) is 5.48. The summed E-state index contributed by atoms with van der Waals surface area (Å²) < 4.78 is 12.8. The summed E-state index contributed by atoms with van der Waals surface area (Å²) in [7, 11) is 0. The standard InChI is InChI=1S/C14H23N3O2S/c1-11-4-3-5-12(10-11)16-14(18)13-6-7-15-17(13)8-9-20(2)19/h6-7,11-12H,3-5,8-10H2,1-2H3,(H,16,18)/t11?,12-,20?/m0/s1. The highest BCUT2D eigenvalue weighted by molar-refractivity contribution is 7.90. The number of amides is 1. The molecule has 0 saturated heterocycles. The van der Waals surface area contributed by atoms with Gasteiger partial charge in [-0.05, 0) is 24.8 Å². The van der Waals surface area contributed by atoms with E-state index in [1.54, 1.807) is 23.2 Å². The molecule has 3 atom stereocenters. The maximum absolute atomic E-state index is 12.3. The number of aryl methyl sites for hydroxylation is 1. The first-order chi connectivity index (χ1) is 9.56. The molecule has 1 aromatic rings. The van der Waals surface area contributed by atoms with Crippen LogP contribution in [-0.2, 0) is 17.7 Å². The van der Waals surface area contributed by atoms with E-state index in [1.807, 2.05) is 0 Å². The van der Waals surface area contributed by atoms with Crippen LogP contribution in [0.3, 0.4) is 0 Å². The molecule has 1 aliphatic rings. The molecule has 1 N–H and O–H groups in total. The minimum Gasteiger partial charge on any atom is -0.617 e. The van der Waals surface area contributed by atoms with Crippen LogP contribution in [0.5, 0.6) is 0 Å². The van der Waals surface area contributed by atoms with Gasteiger partial charge in [0, 0.05) is 12.2 Å². The van der Waals surface area contributed by atoms with Crippen molar-refractivity contribution in [2.75, 3.05) is 12.0 Å². The SMILES string of the molecule is CC1CCC[C@H](NC(=O)c2ccnn2CC[S+](C)[O-])C1. The molecular weight excluding hydrogens is 274 g/mol. The molecule has 0 aliphatic heterocycles. The number of carbonyl (C=O) groups excluding carboxylic acids is 1. The highest BCUT2D eigenvalue weighted by atomic mass is 32.2. The normalized spacial score (nSPS) is 24.4. The summed E-state index contributed by atoms with van der Waals surface area (Å²) in [5.41, 5.74) is 0.564. The minimum atomic E-state index is -0.875. The second kappa shape index (κ2) is 7.13. The first-order valence-corrected chi connectivity index (χ1v) is 8.91. The van der Waals surface area contributed by atoms with Gasteiger partial charge < -0.3 is 9.87 Å². The van der Waals surface area contributed by atoms with E-state index in [4.69, 9.17) is 0 Å². The third-order valence-corrected chi connectivity index (χ3v) is 4.57. The van der Waals surface area contributed by atoms with Crippen LogP contribution in [0.1, 0.15) is 43.1 Å². The molecule has 6 heteroatoms. The van der Waals surface area contributed by atoms with Crippen LogP contribution in [0.4, 0.5) is 0 Å². The molecule has 20 heavy (non-hydrogen) atoms. The van der Waals surface area contributed by atoms with Crippen molar-refractivity contribution in [2.24, 2.45) is 5.92 Å². The molecule has 5 nitrogen and oxygen atoms in total. The fourth-order valence-corrected chi connectivity index (χ4v) is 3.17. The fourth-order valence-electron chi connectivity index (χ4n) is 2.74. The molecule has 1 heterocycles. The van der Waals surface area contributed by atoms with E-state index in [0.717, 1.165) is 12.8 Å². The van der Waals surface area contributed by atoms with Crippen LogP contribution in [0.25, 0.3) is 0 Å². The van der Waals surface area contributed by atoms with Crippen LogP contribution < -0.4 is 5.32 Å². The first kappa shape index (κ1) is 15.4. The van der Waals surface area contributed by atoms with Gasteiger partial charge in [-0.15, -0.1) is 0 Å². The Bertz CT molecular complexity index is 447. The van der Waals surface area contributed by atoms with Gasteiger partial charge in [0.15, 0.2) is 0 Å². The van der Waals surface area contributed by atoms with Crippen LogP contribution in [-0.4, -0.2) is 38.3 Å². The Morgan fingerprint density at radius 3 is 3.10 bits per heavy atom. The van der Waals surface area contributed by atoms with Crippen molar-refractivity contribution in [3.8, 4) is 0 Å². The van der Waals surface area contributed by atoms with E-state index in [-0.39, 0.29) is 11.9 Å². The highest BCUT2D eigenvalue weighted by Gasteiger charge is 2.22. The molecular formula is C14H23N3O2S. The molecule has 2 rings (SSSR count). The Morgan fingerprint density at radius 2 is 2.40 bits per heavy atom. The smallest absolute Gasteiger partial charge is 0.269 e. The van der Waals surface area contributed by atoms with Gasteiger partial charge in [-0.1, -0.05) is 30.9 Å². The maximum Gasteiger partial charge on any atom is 0.269 e. The molecule has 0 aromatic carbocycles. The van der Waals surface area contributed by atoms with Gasteiger partial charge in [-0.3, -0.25) is 9.48 Å². The molecule has 1 saturated carbocycles. The highest BCUT2D eigenvalue weighted by Crippen LogP contribution is 2.23. The fraction of sp³-hybridized carbons (Fsp3) is 0.714. The third kappa shape index (κ3) is 4.24. The summed E-state index contributed by atoms with van der Waals surface area (Å²) in [6.07, 6.45) is 7.83. The Balaban J connectivity index is 1.93. The van der Waals surface area contributed by atoms with Crippen LogP contribution in [0, 0.1) is 5.92 Å². The second-order valence-electron chi connectivity index (χ2n) is 5.66. The van der Waals surface area contributed by atoms with Gasteiger partial charge in [0.25, 0.3) is 5.91 Å². The Labute approximate surface area is 123 Å². The van der Waals surface area contributed by atoms with Gasteiger partial charge in [0.2, 0.25) is 0 Å². The number of hydrogen-bond acceptors (Lipinski definition) is 3. The molecule has 112 valence electrons. The quantitative estimate of drug-likeness (QED) is 0.839. The van der Waals surface area contributed by atoms with Crippen LogP contribution >= 0.6 is 0 Å². The summed E-state index contributed by atoms with van der Waals surface area (Å²) in [6, 6.07) is 2.00. The molecule has 0 bridgehead atoms. The number of carbonyl (C=O) groups is 1. The molecule has 1 aromatic heterocycles. The lowest BCUT2D eigenvalue weighted by molar-refractivity contribution is 0.0910. The average molecular weight is 297 g/mol. The number of hydrogen-bond donors (Lipinski definition) is 1. The van der Waals surface area contributed by atoms with Crippen molar-refractivity contribution < 1.29 is 9.35 Å². The Morgan fingerprint density at radius 1 is 1.60 bits per heavy atom. The van der Waals surface area contributed by atoms with Gasteiger partial charge in [-0.2, -0.15) is 5.10 Å². The van der Waals surface area contributed by atoms with Crippen molar-refractivity contribution >= 4 is 17.1 Å². The molecule has 0 radical (unpaired) electrons. The zero-order valence-corrected chi connectivity index (χ0v) is 13.0. The zero-order valence-electron chi connectivity index (χ0n) is 12.2. The summed E-state index contributed by atoms with van der Waals surface area (Å²) >= 11 is -0.875. The number of nitrogens with one attached hydrogen (secondary N) is 1. The lowest BCUT2D eigenvalue weighted by Gasteiger charge is -2.27. The molecule has 1 amide bonds. The predicted molar refractivity (Wildman–Crippen MR) is 80.0 cm³/mol. The predicted octanol–water partition coefficient (Wildman–Crippen LogP) is 1.57. The van der Waals surface area contributed by atoms with E-state index < -0.39 is 11.2 Å². The minimum absolute atomic E-state index is 0.0662. The third-order valence-electron chi connectivity index (χ3n) is 3.81. The van der Waals surface area contributed by atoms with Crippen molar-refractivity contribution in [3.05, 3.63) is 18.0 Å². The molecule has 0 spiro atoms. The molecule has 1 fully saturated rings. The summed E-state index contributed by atoms with van der Waals surface area (Å²) in [5.74, 6) is 1.13. The van der Waals surface area contributed by atoms with E-state index in [2.05, 4.69) is 17.3 Å². The van der Waals surface area contributed by atoms with E-state index in [9.17, 15) is 9.35 Å². The number of nitrogens with zero attached hydrogens (tertiary/aromatic N) is 2. The van der Waals surface area contributed by atoms with Crippen molar-refractivity contribution in [1.29, 1.82) is 0 Å². The Hall–Kier alpha value is -1.01. The molecule has 2 unspecified atom stereocenters. The van der Waals surface area contributed by atoms with Gasteiger partial charge in [-0.25, -0.2) is 0 Å². The number of rotatable bonds is 5. The zero-order chi connectivity index (χ0) is 14.5.